The Labute approximate surface area is 600 Å². The molecule has 5 atom stereocenters. The molecule has 582 valence electrons. The molecular weight excluding hydrogens is 1280 g/mol. The van der Waals surface area contributed by atoms with Crippen LogP contribution in [0.15, 0.2) is 0 Å². The van der Waals surface area contributed by atoms with Crippen molar-refractivity contribution in [3.8, 4) is 0 Å². The summed E-state index contributed by atoms with van der Waals surface area (Å²) in [5.74, 6) is -0.592. The second-order valence-corrected chi connectivity index (χ2v) is 32.3. The topological polar surface area (TPSA) is 237 Å². The fourth-order valence-corrected chi connectivity index (χ4v) is 13.8. The molecule has 0 aliphatic heterocycles. The van der Waals surface area contributed by atoms with E-state index in [2.05, 4.69) is 41.5 Å². The van der Waals surface area contributed by atoms with Crippen molar-refractivity contribution in [3.63, 3.8) is 0 Å². The van der Waals surface area contributed by atoms with E-state index in [-0.39, 0.29) is 25.7 Å². The van der Waals surface area contributed by atoms with Crippen LogP contribution in [0, 0.1) is 11.8 Å². The molecule has 0 saturated heterocycles. The average Bonchev–Trinajstić information content (AvgIpc) is 1.17. The zero-order valence-electron chi connectivity index (χ0n) is 64.1. The number of esters is 4. The number of unbranched alkanes of at least 4 members (excludes halogenated alkanes) is 48. The lowest BCUT2D eigenvalue weighted by atomic mass is 10.0. The maximum atomic E-state index is 13.1. The van der Waals surface area contributed by atoms with Gasteiger partial charge in [0.25, 0.3) is 0 Å². The van der Waals surface area contributed by atoms with Gasteiger partial charge in [-0.25, -0.2) is 9.13 Å². The predicted molar refractivity (Wildman–Crippen MR) is 400 cm³/mol. The Bertz CT molecular complexity index is 1890. The van der Waals surface area contributed by atoms with Gasteiger partial charge in [0, 0.05) is 25.7 Å². The smallest absolute Gasteiger partial charge is 0.462 e. The van der Waals surface area contributed by atoms with E-state index in [1.54, 1.807) is 0 Å². The molecule has 0 saturated carbocycles. The van der Waals surface area contributed by atoms with Crippen molar-refractivity contribution in [3.05, 3.63) is 0 Å². The van der Waals surface area contributed by atoms with Crippen LogP contribution in [0.3, 0.4) is 0 Å². The van der Waals surface area contributed by atoms with Gasteiger partial charge < -0.3 is 33.8 Å². The molecule has 98 heavy (non-hydrogen) atoms. The van der Waals surface area contributed by atoms with E-state index >= 15 is 0 Å². The molecule has 3 N–H and O–H groups in total. The van der Waals surface area contributed by atoms with Crippen LogP contribution in [0.25, 0.3) is 0 Å². The summed E-state index contributed by atoms with van der Waals surface area (Å²) in [5.41, 5.74) is 0. The summed E-state index contributed by atoms with van der Waals surface area (Å²) in [5, 5.41) is 10.6. The van der Waals surface area contributed by atoms with Crippen LogP contribution in [-0.2, 0) is 65.4 Å². The molecule has 0 heterocycles. The van der Waals surface area contributed by atoms with Gasteiger partial charge in [-0.1, -0.05) is 363 Å². The van der Waals surface area contributed by atoms with Crippen LogP contribution < -0.4 is 0 Å². The van der Waals surface area contributed by atoms with E-state index in [9.17, 15) is 43.2 Å². The summed E-state index contributed by atoms with van der Waals surface area (Å²) < 4.78 is 68.7. The SMILES string of the molecule is CCCCCCCCCCCCCCCCCCCCCC(=O)O[C@H](COC(=O)CCCCCCCCCCCCCCC(C)C)COP(=O)(O)OC[C@@H](O)COP(=O)(O)OC[C@@H](COC(=O)CCCCCCCCCCCCCC)OC(=O)CCCCCCCCCCCC(C)C. The number of carbonyl (C=O) groups excluding carboxylic acids is 4. The maximum Gasteiger partial charge on any atom is 0.472 e. The Kier molecular flexibility index (Phi) is 69.3. The van der Waals surface area contributed by atoms with E-state index in [0.29, 0.717) is 25.7 Å². The molecule has 0 rings (SSSR count). The van der Waals surface area contributed by atoms with Crippen LogP contribution in [0.5, 0.6) is 0 Å². The lowest BCUT2D eigenvalue weighted by Crippen LogP contribution is -2.30. The molecule has 0 aliphatic carbocycles. The van der Waals surface area contributed by atoms with Gasteiger partial charge in [0.15, 0.2) is 12.2 Å². The highest BCUT2D eigenvalue weighted by molar-refractivity contribution is 7.47. The number of aliphatic hydroxyl groups is 1. The molecule has 19 heteroatoms. The van der Waals surface area contributed by atoms with Gasteiger partial charge in [0.1, 0.15) is 19.3 Å². The minimum Gasteiger partial charge on any atom is -0.462 e. The minimum absolute atomic E-state index is 0.106. The molecule has 0 spiro atoms. The molecule has 0 aromatic heterocycles. The number of phosphoric acid groups is 2. The third-order valence-electron chi connectivity index (χ3n) is 18.5. The molecule has 0 aromatic carbocycles. The lowest BCUT2D eigenvalue weighted by Gasteiger charge is -2.21. The molecule has 0 amide bonds. The molecule has 2 unspecified atom stereocenters. The fraction of sp³-hybridized carbons (Fsp3) is 0.949. The standard InChI is InChI=1S/C79H154O17P2/c1-7-9-11-13-15-17-19-21-22-23-24-25-26-27-33-39-45-51-57-63-78(83)95-74(67-90-77(82)62-56-50-44-38-32-29-28-30-35-41-47-53-59-71(3)4)69-93-97(85,86)91-65-73(80)66-92-98(87,88)94-70-75(96-79(84)64-58-52-46-40-34-36-42-48-54-60-72(5)6)68-89-76(81)61-55-49-43-37-31-20-18-16-14-12-10-8-2/h71-75,80H,7-70H2,1-6H3,(H,85,86)(H,87,88)/t73-,74-,75-/m1/s1. The highest BCUT2D eigenvalue weighted by Crippen LogP contribution is 2.45. The van der Waals surface area contributed by atoms with Crippen molar-refractivity contribution in [2.75, 3.05) is 39.6 Å². The Morgan fingerprint density at radius 3 is 0.694 bits per heavy atom. The zero-order chi connectivity index (χ0) is 72.1. The van der Waals surface area contributed by atoms with Crippen LogP contribution >= 0.6 is 15.6 Å². The van der Waals surface area contributed by atoms with Crippen LogP contribution in [0.4, 0.5) is 0 Å². The molecule has 17 nitrogen and oxygen atoms in total. The third-order valence-corrected chi connectivity index (χ3v) is 20.4. The van der Waals surface area contributed by atoms with Crippen LogP contribution in [0.1, 0.15) is 414 Å². The first-order chi connectivity index (χ1) is 47.4. The van der Waals surface area contributed by atoms with E-state index in [1.807, 2.05) is 0 Å². The van der Waals surface area contributed by atoms with Gasteiger partial charge in [0.05, 0.1) is 26.4 Å². The van der Waals surface area contributed by atoms with Gasteiger partial charge in [0.2, 0.25) is 0 Å². The molecule has 0 radical (unpaired) electrons. The van der Waals surface area contributed by atoms with Gasteiger partial charge >= 0.3 is 39.5 Å². The van der Waals surface area contributed by atoms with Crippen molar-refractivity contribution in [2.45, 2.75) is 432 Å². The minimum atomic E-state index is -4.96. The predicted octanol–water partition coefficient (Wildman–Crippen LogP) is 23.5. The highest BCUT2D eigenvalue weighted by atomic mass is 31.2. The lowest BCUT2D eigenvalue weighted by molar-refractivity contribution is -0.161. The number of hydrogen-bond donors (Lipinski definition) is 3. The number of aliphatic hydroxyl groups excluding tert-OH is 1. The van der Waals surface area contributed by atoms with E-state index in [1.165, 1.54) is 231 Å². The van der Waals surface area contributed by atoms with Gasteiger partial charge in [-0.15, -0.1) is 0 Å². The van der Waals surface area contributed by atoms with E-state index in [4.69, 9.17) is 37.0 Å². The molecule has 0 aliphatic rings. The first kappa shape index (κ1) is 96.1. The Morgan fingerprint density at radius 1 is 0.276 bits per heavy atom. The second-order valence-electron chi connectivity index (χ2n) is 29.4. The molecule has 0 fully saturated rings. The third kappa shape index (κ3) is 72.4. The largest absolute Gasteiger partial charge is 0.472 e. The number of ether oxygens (including phenoxy) is 4. The Morgan fingerprint density at radius 2 is 0.469 bits per heavy atom. The van der Waals surface area contributed by atoms with Crippen molar-refractivity contribution in [1.29, 1.82) is 0 Å². The van der Waals surface area contributed by atoms with Crippen molar-refractivity contribution in [1.82, 2.24) is 0 Å². The maximum absolute atomic E-state index is 13.1. The van der Waals surface area contributed by atoms with Crippen molar-refractivity contribution in [2.24, 2.45) is 11.8 Å². The van der Waals surface area contributed by atoms with E-state index < -0.39 is 97.5 Å². The van der Waals surface area contributed by atoms with Crippen LogP contribution in [-0.4, -0.2) is 96.7 Å². The number of hydrogen-bond acceptors (Lipinski definition) is 15. The summed E-state index contributed by atoms with van der Waals surface area (Å²) in [7, 11) is -9.92. The first-order valence-electron chi connectivity index (χ1n) is 41.0. The van der Waals surface area contributed by atoms with E-state index in [0.717, 1.165) is 102 Å². The molecule has 0 bridgehead atoms. The van der Waals surface area contributed by atoms with Crippen molar-refractivity contribution >= 4 is 39.5 Å². The summed E-state index contributed by atoms with van der Waals surface area (Å²) in [4.78, 5) is 72.9. The number of carbonyl (C=O) groups is 4. The summed E-state index contributed by atoms with van der Waals surface area (Å²) in [6.45, 7) is 9.61. The normalized spacial score (nSPS) is 13.9. The number of rotatable bonds is 78. The number of phosphoric ester groups is 2. The highest BCUT2D eigenvalue weighted by Gasteiger charge is 2.30. The molecular formula is C79H154O17P2. The Balaban J connectivity index is 5.24. The first-order valence-corrected chi connectivity index (χ1v) is 44.0. The summed E-state index contributed by atoms with van der Waals surface area (Å²) in [6.07, 6.45) is 59.6. The van der Waals surface area contributed by atoms with Gasteiger partial charge in [-0.3, -0.25) is 37.3 Å². The average molecular weight is 1440 g/mol. The quantitative estimate of drug-likeness (QED) is 0.0222. The second kappa shape index (κ2) is 70.7. The molecule has 0 aromatic rings. The van der Waals surface area contributed by atoms with Gasteiger partial charge in [-0.2, -0.15) is 0 Å². The van der Waals surface area contributed by atoms with Gasteiger partial charge in [-0.05, 0) is 37.5 Å². The monoisotopic (exact) mass is 1440 g/mol. The van der Waals surface area contributed by atoms with Crippen molar-refractivity contribution < 1.29 is 80.2 Å². The van der Waals surface area contributed by atoms with Crippen LogP contribution in [0.2, 0.25) is 0 Å². The zero-order valence-corrected chi connectivity index (χ0v) is 65.9. The summed E-state index contributed by atoms with van der Waals surface area (Å²) >= 11 is 0. The summed E-state index contributed by atoms with van der Waals surface area (Å²) in [6, 6.07) is 0. The Hall–Kier alpha value is -1.94. The fourth-order valence-electron chi connectivity index (χ4n) is 12.2.